The summed E-state index contributed by atoms with van der Waals surface area (Å²) in [5, 5.41) is 2.88. The third kappa shape index (κ3) is 4.25. The number of carbonyl (C=O) groups excluding carboxylic acids is 1. The van der Waals surface area contributed by atoms with Gasteiger partial charge in [0, 0.05) is 19.3 Å². The first-order valence-corrected chi connectivity index (χ1v) is 8.19. The SMILES string of the molecule is O=C(c1ccc(Nc2cc(C(F)(F)F)ccc2Cl)nc1)N1CCOCC1. The maximum absolute atomic E-state index is 12.8. The molecule has 2 aromatic rings. The van der Waals surface area contributed by atoms with Gasteiger partial charge in [-0.05, 0) is 30.3 Å². The fourth-order valence-corrected chi connectivity index (χ4v) is 2.64. The summed E-state index contributed by atoms with van der Waals surface area (Å²) < 4.78 is 43.7. The monoisotopic (exact) mass is 385 g/mol. The summed E-state index contributed by atoms with van der Waals surface area (Å²) in [4.78, 5) is 18.1. The zero-order chi connectivity index (χ0) is 18.7. The highest BCUT2D eigenvalue weighted by atomic mass is 35.5. The topological polar surface area (TPSA) is 54.5 Å². The number of hydrogen-bond acceptors (Lipinski definition) is 4. The largest absolute Gasteiger partial charge is 0.416 e. The van der Waals surface area contributed by atoms with Gasteiger partial charge in [-0.15, -0.1) is 0 Å². The second-order valence-electron chi connectivity index (χ2n) is 5.65. The van der Waals surface area contributed by atoms with Crippen LogP contribution < -0.4 is 5.32 Å². The van der Waals surface area contributed by atoms with E-state index in [9.17, 15) is 18.0 Å². The minimum Gasteiger partial charge on any atom is -0.378 e. The average Bonchev–Trinajstić information content (AvgIpc) is 2.63. The van der Waals surface area contributed by atoms with Crippen molar-refractivity contribution < 1.29 is 22.7 Å². The number of pyridine rings is 1. The Bertz CT molecular complexity index is 791. The van der Waals surface area contributed by atoms with Gasteiger partial charge < -0.3 is 15.0 Å². The Kier molecular flexibility index (Phi) is 5.33. The zero-order valence-corrected chi connectivity index (χ0v) is 14.3. The van der Waals surface area contributed by atoms with Crippen LogP contribution in [0.2, 0.25) is 5.02 Å². The van der Waals surface area contributed by atoms with Gasteiger partial charge in [-0.2, -0.15) is 13.2 Å². The second kappa shape index (κ2) is 7.51. The van der Waals surface area contributed by atoms with Crippen molar-refractivity contribution in [3.8, 4) is 0 Å². The van der Waals surface area contributed by atoms with Gasteiger partial charge in [0.05, 0.1) is 35.1 Å². The van der Waals surface area contributed by atoms with Crippen LogP contribution in [0.4, 0.5) is 24.7 Å². The molecule has 0 radical (unpaired) electrons. The molecule has 0 atom stereocenters. The number of anilines is 2. The Balaban J connectivity index is 1.74. The van der Waals surface area contributed by atoms with Crippen molar-refractivity contribution in [2.45, 2.75) is 6.18 Å². The highest BCUT2D eigenvalue weighted by Gasteiger charge is 2.31. The maximum Gasteiger partial charge on any atom is 0.416 e. The molecule has 1 aromatic carbocycles. The average molecular weight is 386 g/mol. The lowest BCUT2D eigenvalue weighted by Crippen LogP contribution is -2.40. The molecule has 2 heterocycles. The standard InChI is InChI=1S/C17H15ClF3N3O2/c18-13-3-2-12(17(19,20)21)9-14(13)23-15-4-1-11(10-22-15)16(25)24-5-7-26-8-6-24/h1-4,9-10H,5-8H2,(H,22,23). The van der Waals surface area contributed by atoms with Gasteiger partial charge in [0.25, 0.3) is 5.91 Å². The number of rotatable bonds is 3. The van der Waals surface area contributed by atoms with E-state index < -0.39 is 11.7 Å². The molecular weight excluding hydrogens is 371 g/mol. The summed E-state index contributed by atoms with van der Waals surface area (Å²) in [6, 6.07) is 6.07. The van der Waals surface area contributed by atoms with E-state index in [0.717, 1.165) is 12.1 Å². The van der Waals surface area contributed by atoms with Crippen molar-refractivity contribution >= 4 is 29.0 Å². The Morgan fingerprint density at radius 3 is 2.54 bits per heavy atom. The van der Waals surface area contributed by atoms with Crippen LogP contribution in [0.15, 0.2) is 36.5 Å². The highest BCUT2D eigenvalue weighted by molar-refractivity contribution is 6.33. The molecule has 0 spiro atoms. The summed E-state index contributed by atoms with van der Waals surface area (Å²) in [6.07, 6.45) is -3.09. The molecule has 0 aliphatic carbocycles. The number of carbonyl (C=O) groups is 1. The molecule has 0 unspecified atom stereocenters. The second-order valence-corrected chi connectivity index (χ2v) is 6.06. The normalized spacial score (nSPS) is 15.0. The van der Waals surface area contributed by atoms with Gasteiger partial charge in [-0.1, -0.05) is 11.6 Å². The van der Waals surface area contributed by atoms with E-state index in [1.807, 2.05) is 0 Å². The number of alkyl halides is 3. The van der Waals surface area contributed by atoms with Crippen molar-refractivity contribution in [2.75, 3.05) is 31.6 Å². The zero-order valence-electron chi connectivity index (χ0n) is 13.5. The van der Waals surface area contributed by atoms with Crippen LogP contribution in [0, 0.1) is 0 Å². The van der Waals surface area contributed by atoms with E-state index in [0.29, 0.717) is 31.9 Å². The number of hydrogen-bond donors (Lipinski definition) is 1. The van der Waals surface area contributed by atoms with Crippen molar-refractivity contribution in [1.29, 1.82) is 0 Å². The fraction of sp³-hybridized carbons (Fsp3) is 0.294. The predicted molar refractivity (Wildman–Crippen MR) is 90.7 cm³/mol. The molecule has 138 valence electrons. The number of benzene rings is 1. The molecule has 1 aliphatic rings. The molecular formula is C17H15ClF3N3O2. The van der Waals surface area contributed by atoms with Gasteiger partial charge in [-0.3, -0.25) is 4.79 Å². The summed E-state index contributed by atoms with van der Waals surface area (Å²) >= 11 is 5.95. The quantitative estimate of drug-likeness (QED) is 0.868. The van der Waals surface area contributed by atoms with E-state index in [2.05, 4.69) is 10.3 Å². The molecule has 5 nitrogen and oxygen atoms in total. The molecule has 0 saturated carbocycles. The van der Waals surface area contributed by atoms with Crippen molar-refractivity contribution in [1.82, 2.24) is 9.88 Å². The molecule has 0 bridgehead atoms. The van der Waals surface area contributed by atoms with Crippen LogP contribution in [-0.2, 0) is 10.9 Å². The van der Waals surface area contributed by atoms with Crippen LogP contribution in [-0.4, -0.2) is 42.1 Å². The third-order valence-electron chi connectivity index (χ3n) is 3.87. The number of halogens is 4. The Morgan fingerprint density at radius 2 is 1.92 bits per heavy atom. The summed E-state index contributed by atoms with van der Waals surface area (Å²) in [7, 11) is 0. The van der Waals surface area contributed by atoms with Crippen molar-refractivity contribution in [3.05, 3.63) is 52.7 Å². The van der Waals surface area contributed by atoms with Gasteiger partial charge in [0.1, 0.15) is 5.82 Å². The summed E-state index contributed by atoms with van der Waals surface area (Å²) in [5.74, 6) is 0.120. The fourth-order valence-electron chi connectivity index (χ4n) is 2.48. The van der Waals surface area contributed by atoms with E-state index >= 15 is 0 Å². The van der Waals surface area contributed by atoms with Crippen molar-refractivity contribution in [2.24, 2.45) is 0 Å². The van der Waals surface area contributed by atoms with Gasteiger partial charge in [0.15, 0.2) is 0 Å². The molecule has 1 fully saturated rings. The van der Waals surface area contributed by atoms with Gasteiger partial charge in [-0.25, -0.2) is 4.98 Å². The Labute approximate surface area is 152 Å². The molecule has 26 heavy (non-hydrogen) atoms. The van der Waals surface area contributed by atoms with Crippen LogP contribution in [0.25, 0.3) is 0 Å². The number of nitrogens with zero attached hydrogens (tertiary/aromatic N) is 2. The number of amides is 1. The van der Waals surface area contributed by atoms with Gasteiger partial charge >= 0.3 is 6.18 Å². The smallest absolute Gasteiger partial charge is 0.378 e. The van der Waals surface area contributed by atoms with Crippen LogP contribution in [0.1, 0.15) is 15.9 Å². The van der Waals surface area contributed by atoms with Crippen LogP contribution in [0.5, 0.6) is 0 Å². The van der Waals surface area contributed by atoms with Crippen molar-refractivity contribution in [3.63, 3.8) is 0 Å². The maximum atomic E-state index is 12.8. The number of ether oxygens (including phenoxy) is 1. The lowest BCUT2D eigenvalue weighted by Gasteiger charge is -2.26. The Morgan fingerprint density at radius 1 is 1.19 bits per heavy atom. The van der Waals surface area contributed by atoms with E-state index in [4.69, 9.17) is 16.3 Å². The number of morpholine rings is 1. The molecule has 9 heteroatoms. The minimum absolute atomic E-state index is 0.0845. The summed E-state index contributed by atoms with van der Waals surface area (Å²) in [5.41, 5.74) is -0.336. The number of nitrogens with one attached hydrogen (secondary N) is 1. The lowest BCUT2D eigenvalue weighted by molar-refractivity contribution is -0.137. The molecule has 1 N–H and O–H groups in total. The number of aromatic nitrogens is 1. The van der Waals surface area contributed by atoms with Gasteiger partial charge in [0.2, 0.25) is 0 Å². The minimum atomic E-state index is -4.47. The Hall–Kier alpha value is -2.32. The van der Waals surface area contributed by atoms with E-state index in [1.165, 1.54) is 18.3 Å². The first-order chi connectivity index (χ1) is 12.3. The first-order valence-electron chi connectivity index (χ1n) is 7.81. The third-order valence-corrected chi connectivity index (χ3v) is 4.19. The molecule has 1 aromatic heterocycles. The molecule has 3 rings (SSSR count). The summed E-state index contributed by atoms with van der Waals surface area (Å²) in [6.45, 7) is 2.01. The molecule has 1 amide bonds. The molecule has 1 saturated heterocycles. The predicted octanol–water partition coefficient (Wildman–Crippen LogP) is 3.97. The van der Waals surface area contributed by atoms with E-state index in [1.54, 1.807) is 11.0 Å². The molecule has 1 aliphatic heterocycles. The first kappa shape index (κ1) is 18.5. The van der Waals surface area contributed by atoms with Crippen LogP contribution >= 0.6 is 11.6 Å². The highest BCUT2D eigenvalue weighted by Crippen LogP contribution is 2.34. The van der Waals surface area contributed by atoms with Crippen LogP contribution in [0.3, 0.4) is 0 Å². The lowest BCUT2D eigenvalue weighted by atomic mass is 10.2. The van der Waals surface area contributed by atoms with E-state index in [-0.39, 0.29) is 22.4 Å².